The van der Waals surface area contributed by atoms with Gasteiger partial charge in [0, 0.05) is 18.6 Å². The molecule has 18 heavy (non-hydrogen) atoms. The minimum Gasteiger partial charge on any atom is -0.315 e. The third-order valence-electron chi connectivity index (χ3n) is 4.28. The largest absolute Gasteiger partial charge is 0.315 e. The van der Waals surface area contributed by atoms with Crippen LogP contribution in [0.2, 0.25) is 0 Å². The number of hydrogen-bond donors (Lipinski definition) is 1. The fraction of sp³-hybridized carbons (Fsp3) is 1.00. The van der Waals surface area contributed by atoms with Gasteiger partial charge >= 0.3 is 0 Å². The van der Waals surface area contributed by atoms with Crippen molar-refractivity contribution in [3.8, 4) is 0 Å². The summed E-state index contributed by atoms with van der Waals surface area (Å²) in [5, 5.41) is 3.65. The Morgan fingerprint density at radius 2 is 1.72 bits per heavy atom. The smallest absolute Gasteiger partial charge is 0.0220 e. The Hall–Kier alpha value is -0.0800. The second-order valence-corrected chi connectivity index (χ2v) is 6.24. The summed E-state index contributed by atoms with van der Waals surface area (Å²) in [7, 11) is 0. The molecule has 1 unspecified atom stereocenters. The van der Waals surface area contributed by atoms with Crippen LogP contribution >= 0.6 is 0 Å². The molecular weight excluding hydrogens is 220 g/mol. The average Bonchev–Trinajstić information content (AvgIpc) is 2.38. The quantitative estimate of drug-likeness (QED) is 0.711. The predicted octanol–water partition coefficient (Wildman–Crippen LogP) is 3.67. The standard InChI is InChI=1S/C16H34N2/c1-5-15(13-17-12-14(3)4)18(6-2)16-10-8-7-9-11-16/h14-17H,5-13H2,1-4H3. The van der Waals surface area contributed by atoms with E-state index in [-0.39, 0.29) is 0 Å². The monoisotopic (exact) mass is 254 g/mol. The summed E-state index contributed by atoms with van der Waals surface area (Å²) in [6.45, 7) is 12.8. The molecule has 2 nitrogen and oxygen atoms in total. The zero-order valence-corrected chi connectivity index (χ0v) is 13.0. The molecule has 0 aromatic heterocycles. The highest BCUT2D eigenvalue weighted by molar-refractivity contribution is 4.81. The summed E-state index contributed by atoms with van der Waals surface area (Å²) in [5.41, 5.74) is 0. The van der Waals surface area contributed by atoms with Crippen LogP contribution < -0.4 is 5.32 Å². The molecule has 1 aliphatic carbocycles. The van der Waals surface area contributed by atoms with Crippen LogP contribution in [0.15, 0.2) is 0 Å². The van der Waals surface area contributed by atoms with Crippen molar-refractivity contribution >= 4 is 0 Å². The third kappa shape index (κ3) is 5.27. The van der Waals surface area contributed by atoms with Gasteiger partial charge in [-0.3, -0.25) is 4.90 Å². The van der Waals surface area contributed by atoms with Crippen LogP contribution in [0.25, 0.3) is 0 Å². The maximum Gasteiger partial charge on any atom is 0.0220 e. The second-order valence-electron chi connectivity index (χ2n) is 6.24. The SMILES string of the molecule is CCC(CNCC(C)C)N(CC)C1CCCCC1. The number of hydrogen-bond acceptors (Lipinski definition) is 2. The number of likely N-dealkylation sites (N-methyl/N-ethyl adjacent to an activating group) is 1. The van der Waals surface area contributed by atoms with E-state index < -0.39 is 0 Å². The van der Waals surface area contributed by atoms with E-state index >= 15 is 0 Å². The van der Waals surface area contributed by atoms with Crippen molar-refractivity contribution in [2.45, 2.75) is 78.3 Å². The Bertz CT molecular complexity index is 197. The molecule has 108 valence electrons. The predicted molar refractivity (Wildman–Crippen MR) is 81.0 cm³/mol. The molecule has 1 aliphatic rings. The van der Waals surface area contributed by atoms with E-state index in [9.17, 15) is 0 Å². The Morgan fingerprint density at radius 1 is 1.06 bits per heavy atom. The van der Waals surface area contributed by atoms with Gasteiger partial charge in [0.15, 0.2) is 0 Å². The summed E-state index contributed by atoms with van der Waals surface area (Å²) in [6, 6.07) is 1.59. The minimum absolute atomic E-state index is 0.733. The van der Waals surface area contributed by atoms with Crippen molar-refractivity contribution < 1.29 is 0 Å². The van der Waals surface area contributed by atoms with Crippen LogP contribution in [0.5, 0.6) is 0 Å². The molecule has 0 bridgehead atoms. The van der Waals surface area contributed by atoms with E-state index in [4.69, 9.17) is 0 Å². The van der Waals surface area contributed by atoms with Gasteiger partial charge in [0.25, 0.3) is 0 Å². The van der Waals surface area contributed by atoms with E-state index in [0.717, 1.165) is 24.5 Å². The van der Waals surface area contributed by atoms with Gasteiger partial charge in [0.05, 0.1) is 0 Å². The molecule has 0 spiro atoms. The first kappa shape index (κ1) is 16.0. The van der Waals surface area contributed by atoms with Crippen LogP contribution in [0, 0.1) is 5.92 Å². The van der Waals surface area contributed by atoms with Crippen molar-refractivity contribution in [2.24, 2.45) is 5.92 Å². The highest BCUT2D eigenvalue weighted by Crippen LogP contribution is 2.24. The summed E-state index contributed by atoms with van der Waals surface area (Å²) in [4.78, 5) is 2.77. The van der Waals surface area contributed by atoms with Crippen LogP contribution in [-0.2, 0) is 0 Å². The molecular formula is C16H34N2. The van der Waals surface area contributed by atoms with Crippen molar-refractivity contribution in [1.82, 2.24) is 10.2 Å². The summed E-state index contributed by atoms with van der Waals surface area (Å²) >= 11 is 0. The molecule has 0 aliphatic heterocycles. The first-order valence-corrected chi connectivity index (χ1v) is 8.15. The van der Waals surface area contributed by atoms with Crippen LogP contribution in [0.3, 0.4) is 0 Å². The van der Waals surface area contributed by atoms with Gasteiger partial charge in [0.1, 0.15) is 0 Å². The van der Waals surface area contributed by atoms with E-state index in [0.29, 0.717) is 0 Å². The first-order valence-electron chi connectivity index (χ1n) is 8.15. The molecule has 0 aromatic carbocycles. The van der Waals surface area contributed by atoms with Crippen molar-refractivity contribution in [3.63, 3.8) is 0 Å². The number of rotatable bonds is 8. The molecule has 2 heteroatoms. The van der Waals surface area contributed by atoms with Gasteiger partial charge in [-0.05, 0) is 38.3 Å². The molecule has 0 radical (unpaired) electrons. The minimum atomic E-state index is 0.733. The fourth-order valence-electron chi connectivity index (χ4n) is 3.26. The van der Waals surface area contributed by atoms with Gasteiger partial charge < -0.3 is 5.32 Å². The zero-order valence-electron chi connectivity index (χ0n) is 13.0. The Labute approximate surface area is 115 Å². The Morgan fingerprint density at radius 3 is 2.22 bits per heavy atom. The number of nitrogens with zero attached hydrogens (tertiary/aromatic N) is 1. The highest BCUT2D eigenvalue weighted by Gasteiger charge is 2.25. The molecule has 0 amide bonds. The Kier molecular flexibility index (Phi) is 7.92. The lowest BCUT2D eigenvalue weighted by Gasteiger charge is -2.39. The maximum absolute atomic E-state index is 3.65. The van der Waals surface area contributed by atoms with E-state index in [1.54, 1.807) is 0 Å². The third-order valence-corrected chi connectivity index (χ3v) is 4.28. The molecule has 1 fully saturated rings. The maximum atomic E-state index is 3.65. The summed E-state index contributed by atoms with van der Waals surface area (Å²) in [6.07, 6.45) is 8.46. The topological polar surface area (TPSA) is 15.3 Å². The Balaban J connectivity index is 2.42. The van der Waals surface area contributed by atoms with Gasteiger partial charge in [0.2, 0.25) is 0 Å². The van der Waals surface area contributed by atoms with E-state index in [2.05, 4.69) is 37.9 Å². The van der Waals surface area contributed by atoms with Gasteiger partial charge in [-0.25, -0.2) is 0 Å². The first-order chi connectivity index (χ1) is 8.69. The average molecular weight is 254 g/mol. The fourth-order valence-corrected chi connectivity index (χ4v) is 3.26. The van der Waals surface area contributed by atoms with Crippen molar-refractivity contribution in [1.29, 1.82) is 0 Å². The van der Waals surface area contributed by atoms with Crippen LogP contribution in [0.1, 0.15) is 66.2 Å². The van der Waals surface area contributed by atoms with E-state index in [1.165, 1.54) is 51.6 Å². The summed E-state index contributed by atoms with van der Waals surface area (Å²) < 4.78 is 0. The van der Waals surface area contributed by atoms with Gasteiger partial charge in [-0.15, -0.1) is 0 Å². The van der Waals surface area contributed by atoms with Crippen molar-refractivity contribution in [2.75, 3.05) is 19.6 Å². The molecule has 1 atom stereocenters. The van der Waals surface area contributed by atoms with Crippen LogP contribution in [0.4, 0.5) is 0 Å². The van der Waals surface area contributed by atoms with Crippen molar-refractivity contribution in [3.05, 3.63) is 0 Å². The molecule has 1 saturated carbocycles. The van der Waals surface area contributed by atoms with Gasteiger partial charge in [-0.2, -0.15) is 0 Å². The molecule has 0 saturated heterocycles. The number of nitrogens with one attached hydrogen (secondary N) is 1. The van der Waals surface area contributed by atoms with Gasteiger partial charge in [-0.1, -0.05) is 47.0 Å². The molecule has 1 N–H and O–H groups in total. The lowest BCUT2D eigenvalue weighted by molar-refractivity contribution is 0.106. The second kappa shape index (κ2) is 8.92. The molecule has 1 rings (SSSR count). The van der Waals surface area contributed by atoms with E-state index in [1.807, 2.05) is 0 Å². The lowest BCUT2D eigenvalue weighted by Crippen LogP contribution is -2.48. The lowest BCUT2D eigenvalue weighted by atomic mass is 9.92. The molecule has 0 heterocycles. The molecule has 0 aromatic rings. The summed E-state index contributed by atoms with van der Waals surface area (Å²) in [5.74, 6) is 0.757. The normalized spacial score (nSPS) is 19.7. The van der Waals surface area contributed by atoms with Crippen LogP contribution in [-0.4, -0.2) is 36.6 Å². The zero-order chi connectivity index (χ0) is 13.4. The highest BCUT2D eigenvalue weighted by atomic mass is 15.2.